The molecule has 0 aromatic heterocycles. The van der Waals surface area contributed by atoms with Crippen LogP contribution in [0.15, 0.2) is 18.2 Å². The van der Waals surface area contributed by atoms with Gasteiger partial charge in [0, 0.05) is 24.3 Å². The Bertz CT molecular complexity index is 392. The highest BCUT2D eigenvalue weighted by Gasteiger charge is 2.15. The normalized spacial score (nSPS) is 11.7. The molecule has 0 spiro atoms. The van der Waals surface area contributed by atoms with Crippen LogP contribution in [0, 0.1) is 6.92 Å². The molecule has 0 unspecified atom stereocenters. The minimum atomic E-state index is 0.212. The van der Waals surface area contributed by atoms with Crippen molar-refractivity contribution in [2.24, 2.45) is 0 Å². The zero-order valence-corrected chi connectivity index (χ0v) is 13.5. The van der Waals surface area contributed by atoms with Gasteiger partial charge in [0.15, 0.2) is 0 Å². The summed E-state index contributed by atoms with van der Waals surface area (Å²) in [5.41, 5.74) is 4.44. The smallest absolute Gasteiger partial charge is 0.0368 e. The quantitative estimate of drug-likeness (QED) is 0.804. The number of rotatable bonds is 7. The third-order valence-electron chi connectivity index (χ3n) is 4.15. The lowest BCUT2D eigenvalue weighted by molar-refractivity contribution is 0.393. The summed E-state index contributed by atoms with van der Waals surface area (Å²) in [4.78, 5) is 2.40. The number of hydrogen-bond donors (Lipinski definition) is 1. The van der Waals surface area contributed by atoms with E-state index in [0.29, 0.717) is 0 Å². The third-order valence-corrected chi connectivity index (χ3v) is 4.15. The van der Waals surface area contributed by atoms with E-state index in [9.17, 15) is 0 Å². The van der Waals surface area contributed by atoms with Crippen LogP contribution in [0.2, 0.25) is 0 Å². The second kappa shape index (κ2) is 6.95. The summed E-state index contributed by atoms with van der Waals surface area (Å²) in [7, 11) is 2.04. The Morgan fingerprint density at radius 2 is 1.79 bits per heavy atom. The Morgan fingerprint density at radius 1 is 1.16 bits per heavy atom. The fraction of sp³-hybridized carbons (Fsp3) is 0.647. The molecule has 0 atom stereocenters. The molecule has 0 amide bonds. The van der Waals surface area contributed by atoms with E-state index in [4.69, 9.17) is 0 Å². The van der Waals surface area contributed by atoms with Gasteiger partial charge in [-0.2, -0.15) is 0 Å². The molecular formula is C17H30N2. The molecule has 0 aliphatic heterocycles. The first-order valence-electron chi connectivity index (χ1n) is 7.47. The highest BCUT2D eigenvalue weighted by atomic mass is 15.1. The predicted octanol–water partition coefficient (Wildman–Crippen LogP) is 3.77. The minimum Gasteiger partial charge on any atom is -0.372 e. The van der Waals surface area contributed by atoms with Crippen molar-refractivity contribution in [1.82, 2.24) is 5.32 Å². The minimum absolute atomic E-state index is 0.212. The van der Waals surface area contributed by atoms with Crippen LogP contribution >= 0.6 is 0 Å². The molecule has 0 aliphatic carbocycles. The molecule has 1 aromatic rings. The summed E-state index contributed by atoms with van der Waals surface area (Å²) >= 11 is 0. The van der Waals surface area contributed by atoms with Crippen LogP contribution in [-0.4, -0.2) is 25.7 Å². The van der Waals surface area contributed by atoms with Crippen molar-refractivity contribution in [3.8, 4) is 0 Å². The monoisotopic (exact) mass is 262 g/mol. The molecule has 0 saturated heterocycles. The van der Waals surface area contributed by atoms with E-state index in [2.05, 4.69) is 63.0 Å². The van der Waals surface area contributed by atoms with Crippen LogP contribution in [0.1, 0.15) is 45.2 Å². The van der Waals surface area contributed by atoms with E-state index >= 15 is 0 Å². The standard InChI is InChI=1S/C17H30N2/c1-7-19(8-2)16-10-9-15(14(3)13-16)11-12-17(4,5)18-6/h9-10,13,18H,7-8,11-12H2,1-6H3. The van der Waals surface area contributed by atoms with Gasteiger partial charge in [-0.3, -0.25) is 0 Å². The van der Waals surface area contributed by atoms with Crippen LogP contribution in [0.25, 0.3) is 0 Å². The van der Waals surface area contributed by atoms with Crippen molar-refractivity contribution in [1.29, 1.82) is 0 Å². The molecule has 1 N–H and O–H groups in total. The van der Waals surface area contributed by atoms with Gasteiger partial charge in [-0.15, -0.1) is 0 Å². The Balaban J connectivity index is 2.77. The van der Waals surface area contributed by atoms with Gasteiger partial charge >= 0.3 is 0 Å². The first-order chi connectivity index (χ1) is 8.93. The molecular weight excluding hydrogens is 232 g/mol. The summed E-state index contributed by atoms with van der Waals surface area (Å²) in [6.07, 6.45) is 2.30. The Labute approximate surface area is 119 Å². The second-order valence-electron chi connectivity index (χ2n) is 5.92. The molecule has 0 radical (unpaired) electrons. The Morgan fingerprint density at radius 3 is 2.26 bits per heavy atom. The van der Waals surface area contributed by atoms with E-state index in [1.54, 1.807) is 0 Å². The first-order valence-corrected chi connectivity index (χ1v) is 7.47. The topological polar surface area (TPSA) is 15.3 Å². The van der Waals surface area contributed by atoms with Crippen LogP contribution < -0.4 is 10.2 Å². The van der Waals surface area contributed by atoms with Crippen molar-refractivity contribution in [3.05, 3.63) is 29.3 Å². The van der Waals surface area contributed by atoms with Crippen molar-refractivity contribution in [2.45, 2.75) is 53.0 Å². The number of aryl methyl sites for hydroxylation is 2. The van der Waals surface area contributed by atoms with Gasteiger partial charge in [0.25, 0.3) is 0 Å². The number of benzene rings is 1. The molecule has 0 fully saturated rings. The highest BCUT2D eigenvalue weighted by molar-refractivity contribution is 5.50. The van der Waals surface area contributed by atoms with Crippen LogP contribution in [0.3, 0.4) is 0 Å². The number of anilines is 1. The zero-order valence-electron chi connectivity index (χ0n) is 13.5. The van der Waals surface area contributed by atoms with Crippen molar-refractivity contribution in [2.75, 3.05) is 25.0 Å². The molecule has 19 heavy (non-hydrogen) atoms. The van der Waals surface area contributed by atoms with Crippen molar-refractivity contribution < 1.29 is 0 Å². The van der Waals surface area contributed by atoms with Gasteiger partial charge in [-0.1, -0.05) is 6.07 Å². The molecule has 2 nitrogen and oxygen atoms in total. The van der Waals surface area contributed by atoms with E-state index in [-0.39, 0.29) is 5.54 Å². The largest absolute Gasteiger partial charge is 0.372 e. The van der Waals surface area contributed by atoms with E-state index in [1.807, 2.05) is 7.05 Å². The van der Waals surface area contributed by atoms with Gasteiger partial charge < -0.3 is 10.2 Å². The van der Waals surface area contributed by atoms with Gasteiger partial charge in [-0.25, -0.2) is 0 Å². The summed E-state index contributed by atoms with van der Waals surface area (Å²) < 4.78 is 0. The van der Waals surface area contributed by atoms with Crippen molar-refractivity contribution in [3.63, 3.8) is 0 Å². The fourth-order valence-corrected chi connectivity index (χ4v) is 2.32. The molecule has 0 saturated carbocycles. The lowest BCUT2D eigenvalue weighted by Gasteiger charge is -2.25. The summed E-state index contributed by atoms with van der Waals surface area (Å²) in [6.45, 7) is 13.3. The Hall–Kier alpha value is -1.02. The van der Waals surface area contributed by atoms with Gasteiger partial charge in [-0.05, 0) is 77.8 Å². The number of nitrogens with one attached hydrogen (secondary N) is 1. The zero-order chi connectivity index (χ0) is 14.5. The van der Waals surface area contributed by atoms with Gasteiger partial charge in [0.1, 0.15) is 0 Å². The molecule has 1 rings (SSSR count). The molecule has 0 aliphatic rings. The summed E-state index contributed by atoms with van der Waals surface area (Å²) in [5, 5.41) is 3.37. The van der Waals surface area contributed by atoms with Crippen molar-refractivity contribution >= 4 is 5.69 Å². The maximum absolute atomic E-state index is 3.37. The Kier molecular flexibility index (Phi) is 5.86. The average molecular weight is 262 g/mol. The molecule has 1 aromatic carbocycles. The maximum atomic E-state index is 3.37. The van der Waals surface area contributed by atoms with E-state index in [1.165, 1.54) is 16.8 Å². The van der Waals surface area contributed by atoms with Crippen LogP contribution in [-0.2, 0) is 6.42 Å². The second-order valence-corrected chi connectivity index (χ2v) is 5.92. The van der Waals surface area contributed by atoms with E-state index in [0.717, 1.165) is 25.9 Å². The van der Waals surface area contributed by atoms with Gasteiger partial charge in [0.05, 0.1) is 0 Å². The first kappa shape index (κ1) is 16.0. The predicted molar refractivity (Wildman–Crippen MR) is 86.2 cm³/mol. The van der Waals surface area contributed by atoms with Crippen LogP contribution in [0.5, 0.6) is 0 Å². The van der Waals surface area contributed by atoms with Crippen LogP contribution in [0.4, 0.5) is 5.69 Å². The maximum Gasteiger partial charge on any atom is 0.0368 e. The SMILES string of the molecule is CCN(CC)c1ccc(CCC(C)(C)NC)c(C)c1. The van der Waals surface area contributed by atoms with E-state index < -0.39 is 0 Å². The summed E-state index contributed by atoms with van der Waals surface area (Å²) in [5.74, 6) is 0. The number of nitrogens with zero attached hydrogens (tertiary/aromatic N) is 1. The molecule has 0 bridgehead atoms. The summed E-state index contributed by atoms with van der Waals surface area (Å²) in [6, 6.07) is 6.89. The third kappa shape index (κ3) is 4.54. The fourth-order valence-electron chi connectivity index (χ4n) is 2.32. The molecule has 108 valence electrons. The lowest BCUT2D eigenvalue weighted by Crippen LogP contribution is -2.36. The number of hydrogen-bond acceptors (Lipinski definition) is 2. The molecule has 2 heteroatoms. The lowest BCUT2D eigenvalue weighted by atomic mass is 9.93. The van der Waals surface area contributed by atoms with Gasteiger partial charge in [0.2, 0.25) is 0 Å². The molecule has 0 heterocycles. The average Bonchev–Trinajstić information content (AvgIpc) is 2.39. The highest BCUT2D eigenvalue weighted by Crippen LogP contribution is 2.22.